The number of piperidine rings is 2. The molecule has 0 aromatic heterocycles. The van der Waals surface area contributed by atoms with Gasteiger partial charge in [-0.2, -0.15) is 0 Å². The number of urea groups is 1. The van der Waals surface area contributed by atoms with Crippen LogP contribution in [0.5, 0.6) is 0 Å². The Morgan fingerprint density at radius 1 is 1.12 bits per heavy atom. The topological polar surface area (TPSA) is 35.6 Å². The normalized spacial score (nSPS) is 22.4. The highest BCUT2D eigenvalue weighted by atomic mass is 35.5. The van der Waals surface area contributed by atoms with Gasteiger partial charge in [0.1, 0.15) is 0 Å². The second-order valence-electron chi connectivity index (χ2n) is 6.97. The third-order valence-corrected chi connectivity index (χ3v) is 5.43. The quantitative estimate of drug-likeness (QED) is 0.862. The van der Waals surface area contributed by atoms with E-state index in [1.807, 2.05) is 23.1 Å². The number of carbonyl (C=O) groups is 1. The summed E-state index contributed by atoms with van der Waals surface area (Å²) in [5.41, 5.74) is 0.771. The molecule has 1 aromatic carbocycles. The van der Waals surface area contributed by atoms with Gasteiger partial charge in [-0.05, 0) is 69.8 Å². The molecule has 0 saturated carbocycles. The van der Waals surface area contributed by atoms with Crippen LogP contribution in [0.3, 0.4) is 0 Å². The Balaban J connectivity index is 1.55. The number of carbonyl (C=O) groups excluding carboxylic acids is 1. The van der Waals surface area contributed by atoms with Crippen LogP contribution in [-0.2, 0) is 0 Å². The molecule has 0 radical (unpaired) electrons. The summed E-state index contributed by atoms with van der Waals surface area (Å²) in [6, 6.07) is 7.74. The van der Waals surface area contributed by atoms with Crippen LogP contribution in [0.15, 0.2) is 24.3 Å². The zero-order valence-corrected chi connectivity index (χ0v) is 15.1. The molecule has 24 heavy (non-hydrogen) atoms. The van der Waals surface area contributed by atoms with Crippen molar-refractivity contribution in [3.8, 4) is 0 Å². The predicted molar refractivity (Wildman–Crippen MR) is 99.7 cm³/mol. The van der Waals surface area contributed by atoms with Crippen LogP contribution >= 0.6 is 11.6 Å². The number of benzene rings is 1. The van der Waals surface area contributed by atoms with E-state index in [4.69, 9.17) is 11.6 Å². The highest BCUT2D eigenvalue weighted by Gasteiger charge is 2.27. The van der Waals surface area contributed by atoms with Crippen molar-refractivity contribution in [1.82, 2.24) is 9.80 Å². The van der Waals surface area contributed by atoms with Gasteiger partial charge in [-0.25, -0.2) is 4.79 Å². The summed E-state index contributed by atoms with van der Waals surface area (Å²) >= 11 is 6.01. The molecule has 1 N–H and O–H groups in total. The van der Waals surface area contributed by atoms with Gasteiger partial charge in [-0.3, -0.25) is 0 Å². The molecule has 4 nitrogen and oxygen atoms in total. The molecule has 2 amide bonds. The smallest absolute Gasteiger partial charge is 0.322 e. The maximum Gasteiger partial charge on any atom is 0.322 e. The van der Waals surface area contributed by atoms with Gasteiger partial charge < -0.3 is 15.1 Å². The van der Waals surface area contributed by atoms with Crippen LogP contribution < -0.4 is 5.32 Å². The van der Waals surface area contributed by atoms with Gasteiger partial charge >= 0.3 is 6.03 Å². The molecule has 0 spiro atoms. The van der Waals surface area contributed by atoms with Crippen LogP contribution in [0.2, 0.25) is 5.02 Å². The number of hydrogen-bond donors (Lipinski definition) is 1. The second kappa shape index (κ2) is 8.72. The lowest BCUT2D eigenvalue weighted by Crippen LogP contribution is -2.47. The first kappa shape index (κ1) is 17.6. The zero-order valence-electron chi connectivity index (χ0n) is 14.3. The lowest BCUT2D eigenvalue weighted by Gasteiger charge is -2.37. The summed E-state index contributed by atoms with van der Waals surface area (Å²) in [5, 5.41) is 3.66. The fraction of sp³-hybridized carbons (Fsp3) is 0.632. The van der Waals surface area contributed by atoms with Gasteiger partial charge in [-0.1, -0.05) is 24.1 Å². The minimum absolute atomic E-state index is 0.0145. The summed E-state index contributed by atoms with van der Waals surface area (Å²) < 4.78 is 0. The van der Waals surface area contributed by atoms with Crippen LogP contribution in [-0.4, -0.2) is 48.1 Å². The summed E-state index contributed by atoms with van der Waals surface area (Å²) in [7, 11) is 0. The second-order valence-corrected chi connectivity index (χ2v) is 7.41. The Morgan fingerprint density at radius 2 is 1.92 bits per heavy atom. The Morgan fingerprint density at radius 3 is 2.71 bits per heavy atom. The molecule has 0 unspecified atom stereocenters. The number of nitrogens with one attached hydrogen (secondary N) is 1. The lowest BCUT2D eigenvalue weighted by atomic mass is 9.99. The summed E-state index contributed by atoms with van der Waals surface area (Å²) in [5.74, 6) is 0. The molecule has 3 rings (SSSR count). The number of anilines is 1. The molecule has 1 atom stereocenters. The van der Waals surface area contributed by atoms with E-state index in [9.17, 15) is 4.79 Å². The molecule has 2 aliphatic heterocycles. The lowest BCUT2D eigenvalue weighted by molar-refractivity contribution is 0.140. The van der Waals surface area contributed by atoms with Crippen LogP contribution in [0.4, 0.5) is 10.5 Å². The molecule has 1 aromatic rings. The van der Waals surface area contributed by atoms with Crippen molar-refractivity contribution in [2.75, 3.05) is 31.5 Å². The highest BCUT2D eigenvalue weighted by molar-refractivity contribution is 6.30. The SMILES string of the molecule is O=C(Nc1cccc(Cl)c1)N1CCCC[C@@H]1CCN1CCCCC1. The van der Waals surface area contributed by atoms with E-state index < -0.39 is 0 Å². The number of likely N-dealkylation sites (tertiary alicyclic amines) is 2. The van der Waals surface area contributed by atoms with Crippen molar-refractivity contribution in [3.05, 3.63) is 29.3 Å². The Kier molecular flexibility index (Phi) is 6.38. The molecule has 5 heteroatoms. The van der Waals surface area contributed by atoms with Gasteiger partial charge in [0, 0.05) is 29.8 Å². The first-order valence-corrected chi connectivity index (χ1v) is 9.66. The Labute approximate surface area is 150 Å². The van der Waals surface area contributed by atoms with Crippen molar-refractivity contribution in [3.63, 3.8) is 0 Å². The monoisotopic (exact) mass is 349 g/mol. The number of rotatable bonds is 4. The maximum atomic E-state index is 12.7. The summed E-state index contributed by atoms with van der Waals surface area (Å²) in [6.07, 6.45) is 8.55. The van der Waals surface area contributed by atoms with E-state index in [1.165, 1.54) is 38.8 Å². The van der Waals surface area contributed by atoms with E-state index in [2.05, 4.69) is 10.2 Å². The summed E-state index contributed by atoms with van der Waals surface area (Å²) in [4.78, 5) is 17.3. The fourth-order valence-electron chi connectivity index (χ4n) is 3.84. The van der Waals surface area contributed by atoms with E-state index in [0.29, 0.717) is 11.1 Å². The van der Waals surface area contributed by atoms with Gasteiger partial charge in [0.15, 0.2) is 0 Å². The predicted octanol–water partition coefficient (Wildman–Crippen LogP) is 4.60. The van der Waals surface area contributed by atoms with E-state index in [0.717, 1.165) is 38.0 Å². The molecule has 0 bridgehead atoms. The zero-order chi connectivity index (χ0) is 16.8. The Bertz CT molecular complexity index is 545. The molecule has 2 heterocycles. The van der Waals surface area contributed by atoms with Crippen molar-refractivity contribution < 1.29 is 4.79 Å². The van der Waals surface area contributed by atoms with Crippen LogP contribution in [0, 0.1) is 0 Å². The molecule has 2 saturated heterocycles. The molecule has 132 valence electrons. The molecular formula is C19H28ClN3O. The van der Waals surface area contributed by atoms with E-state index >= 15 is 0 Å². The molecular weight excluding hydrogens is 322 g/mol. The van der Waals surface area contributed by atoms with Crippen molar-refractivity contribution >= 4 is 23.3 Å². The standard InChI is InChI=1S/C19H28ClN3O/c20-16-7-6-8-17(15-16)21-19(24)23-13-5-2-9-18(23)10-14-22-11-3-1-4-12-22/h6-8,15,18H,1-5,9-14H2,(H,21,24)/t18-/m1/s1. The molecule has 2 aliphatic rings. The van der Waals surface area contributed by atoms with Crippen LogP contribution in [0.25, 0.3) is 0 Å². The summed E-state index contributed by atoms with van der Waals surface area (Å²) in [6.45, 7) is 4.42. The minimum Gasteiger partial charge on any atom is -0.322 e. The number of nitrogens with zero attached hydrogens (tertiary/aromatic N) is 2. The van der Waals surface area contributed by atoms with Gasteiger partial charge in [0.05, 0.1) is 0 Å². The first-order valence-electron chi connectivity index (χ1n) is 9.28. The maximum absolute atomic E-state index is 12.7. The number of halogens is 1. The minimum atomic E-state index is 0.0145. The highest BCUT2D eigenvalue weighted by Crippen LogP contribution is 2.23. The van der Waals surface area contributed by atoms with Gasteiger partial charge in [0.2, 0.25) is 0 Å². The number of hydrogen-bond acceptors (Lipinski definition) is 2. The molecule has 2 fully saturated rings. The third-order valence-electron chi connectivity index (χ3n) is 5.19. The third kappa shape index (κ3) is 4.87. The number of amides is 2. The van der Waals surface area contributed by atoms with Gasteiger partial charge in [0.25, 0.3) is 0 Å². The largest absolute Gasteiger partial charge is 0.322 e. The van der Waals surface area contributed by atoms with Gasteiger partial charge in [-0.15, -0.1) is 0 Å². The van der Waals surface area contributed by atoms with Crippen molar-refractivity contribution in [2.45, 2.75) is 51.0 Å². The molecule has 0 aliphatic carbocycles. The van der Waals surface area contributed by atoms with Crippen LogP contribution in [0.1, 0.15) is 44.9 Å². The Hall–Kier alpha value is -1.26. The first-order chi connectivity index (χ1) is 11.7. The average Bonchev–Trinajstić information content (AvgIpc) is 2.61. The van der Waals surface area contributed by atoms with E-state index in [1.54, 1.807) is 6.07 Å². The van der Waals surface area contributed by atoms with Crippen molar-refractivity contribution in [2.24, 2.45) is 0 Å². The average molecular weight is 350 g/mol. The van der Waals surface area contributed by atoms with Crippen molar-refractivity contribution in [1.29, 1.82) is 0 Å². The van der Waals surface area contributed by atoms with E-state index in [-0.39, 0.29) is 6.03 Å². The fourth-order valence-corrected chi connectivity index (χ4v) is 4.03.